The molecule has 0 radical (unpaired) electrons. The fraction of sp³-hybridized carbons (Fsp3) is 0.364. The Labute approximate surface area is 114 Å². The van der Waals surface area contributed by atoms with Crippen molar-refractivity contribution in [1.29, 1.82) is 0 Å². The van der Waals surface area contributed by atoms with Gasteiger partial charge in [0.25, 0.3) is 0 Å². The lowest BCUT2D eigenvalue weighted by atomic mass is 10.0. The number of carbonyl (C=O) groups excluding carboxylic acids is 1. The molecule has 0 saturated carbocycles. The summed E-state index contributed by atoms with van der Waals surface area (Å²) >= 11 is 0.613. The van der Waals surface area contributed by atoms with Gasteiger partial charge in [0.1, 0.15) is 11.3 Å². The second-order valence-corrected chi connectivity index (χ2v) is 4.41. The molecule has 0 atom stereocenters. The lowest BCUT2D eigenvalue weighted by Crippen LogP contribution is -2.17. The first-order valence-electron chi connectivity index (χ1n) is 4.96. The summed E-state index contributed by atoms with van der Waals surface area (Å²) in [5.74, 6) is -1.40. The molecule has 0 fully saturated rings. The van der Waals surface area contributed by atoms with Crippen LogP contribution in [-0.2, 0) is 12.4 Å². The quantitative estimate of drug-likeness (QED) is 0.473. The van der Waals surface area contributed by atoms with E-state index in [1.165, 1.54) is 6.26 Å². The van der Waals surface area contributed by atoms with Crippen molar-refractivity contribution in [3.63, 3.8) is 0 Å². The summed E-state index contributed by atoms with van der Waals surface area (Å²) < 4.78 is 81.6. The molecule has 0 amide bonds. The molecule has 1 aromatic carbocycles. The van der Waals surface area contributed by atoms with Crippen LogP contribution < -0.4 is 4.74 Å². The topological polar surface area (TPSA) is 26.3 Å². The van der Waals surface area contributed by atoms with Crippen LogP contribution in [0.2, 0.25) is 0 Å². The van der Waals surface area contributed by atoms with Gasteiger partial charge in [0.15, 0.2) is 6.29 Å². The number of halogens is 6. The van der Waals surface area contributed by atoms with Gasteiger partial charge in [-0.15, -0.1) is 11.8 Å². The lowest BCUT2D eigenvalue weighted by Gasteiger charge is -2.21. The average Bonchev–Trinajstić information content (AvgIpc) is 2.33. The predicted molar refractivity (Wildman–Crippen MR) is 60.2 cm³/mol. The summed E-state index contributed by atoms with van der Waals surface area (Å²) in [5.41, 5.74) is -4.15. The highest BCUT2D eigenvalue weighted by molar-refractivity contribution is 7.98. The molecule has 0 aliphatic heterocycles. The third kappa shape index (κ3) is 3.02. The molecule has 20 heavy (non-hydrogen) atoms. The lowest BCUT2D eigenvalue weighted by molar-refractivity contribution is -0.145. The molecular weight excluding hydrogens is 310 g/mol. The molecule has 0 spiro atoms. The molecule has 0 bridgehead atoms. The van der Waals surface area contributed by atoms with Gasteiger partial charge in [0.05, 0.1) is 12.7 Å². The first-order valence-corrected chi connectivity index (χ1v) is 6.19. The number of aldehydes is 1. The van der Waals surface area contributed by atoms with Gasteiger partial charge in [-0.3, -0.25) is 4.79 Å². The van der Waals surface area contributed by atoms with Crippen LogP contribution in [0.4, 0.5) is 26.3 Å². The van der Waals surface area contributed by atoms with E-state index >= 15 is 0 Å². The normalized spacial score (nSPS) is 12.4. The van der Waals surface area contributed by atoms with Gasteiger partial charge in [-0.05, 0) is 12.3 Å². The van der Waals surface area contributed by atoms with Crippen LogP contribution in [0.15, 0.2) is 11.0 Å². The van der Waals surface area contributed by atoms with Gasteiger partial charge in [0.2, 0.25) is 0 Å². The minimum Gasteiger partial charge on any atom is -0.495 e. The second kappa shape index (κ2) is 5.55. The smallest absolute Gasteiger partial charge is 0.420 e. The number of hydrogen-bond donors (Lipinski definition) is 0. The fourth-order valence-electron chi connectivity index (χ4n) is 1.64. The first kappa shape index (κ1) is 16.7. The summed E-state index contributed by atoms with van der Waals surface area (Å²) in [6, 6.07) is 0.475. The van der Waals surface area contributed by atoms with E-state index in [0.29, 0.717) is 24.9 Å². The number of ether oxygens (including phenoxy) is 1. The number of carbonyl (C=O) groups is 1. The Morgan fingerprint density at radius 1 is 1.15 bits per heavy atom. The fourth-order valence-corrected chi connectivity index (χ4v) is 2.25. The van der Waals surface area contributed by atoms with E-state index < -0.39 is 39.7 Å². The van der Waals surface area contributed by atoms with E-state index in [1.54, 1.807) is 0 Å². The molecule has 0 aliphatic carbocycles. The predicted octanol–water partition coefficient (Wildman–Crippen LogP) is 4.27. The van der Waals surface area contributed by atoms with Crippen molar-refractivity contribution in [3.8, 4) is 5.75 Å². The Hall–Kier alpha value is -1.38. The minimum atomic E-state index is -5.15. The third-order valence-electron chi connectivity index (χ3n) is 2.41. The van der Waals surface area contributed by atoms with E-state index in [2.05, 4.69) is 4.74 Å². The zero-order chi connectivity index (χ0) is 15.7. The van der Waals surface area contributed by atoms with Crippen molar-refractivity contribution in [3.05, 3.63) is 22.8 Å². The SMILES string of the molecule is COc1c(C(F)(F)F)cc(SC)c(C=O)c1C(F)(F)F. The van der Waals surface area contributed by atoms with Gasteiger partial charge < -0.3 is 4.74 Å². The van der Waals surface area contributed by atoms with Crippen LogP contribution in [-0.4, -0.2) is 19.7 Å². The van der Waals surface area contributed by atoms with Gasteiger partial charge in [-0.1, -0.05) is 0 Å². The highest BCUT2D eigenvalue weighted by Gasteiger charge is 2.44. The van der Waals surface area contributed by atoms with Gasteiger partial charge >= 0.3 is 12.4 Å². The highest BCUT2D eigenvalue weighted by atomic mass is 32.2. The van der Waals surface area contributed by atoms with Crippen LogP contribution in [0.25, 0.3) is 0 Å². The van der Waals surface area contributed by atoms with Crippen molar-refractivity contribution in [2.45, 2.75) is 17.2 Å². The zero-order valence-corrected chi connectivity index (χ0v) is 11.0. The Morgan fingerprint density at radius 3 is 2.00 bits per heavy atom. The molecule has 0 N–H and O–H groups in total. The second-order valence-electron chi connectivity index (χ2n) is 3.56. The highest BCUT2D eigenvalue weighted by Crippen LogP contribution is 2.48. The number of alkyl halides is 6. The summed E-state index contributed by atoms with van der Waals surface area (Å²) in [7, 11) is 0.688. The van der Waals surface area contributed by atoms with E-state index in [1.807, 2.05) is 0 Å². The van der Waals surface area contributed by atoms with Gasteiger partial charge in [-0.2, -0.15) is 26.3 Å². The monoisotopic (exact) mass is 318 g/mol. The van der Waals surface area contributed by atoms with Crippen molar-refractivity contribution < 1.29 is 35.9 Å². The van der Waals surface area contributed by atoms with E-state index in [-0.39, 0.29) is 6.29 Å². The molecule has 112 valence electrons. The Bertz CT molecular complexity index is 521. The molecule has 0 aromatic heterocycles. The Morgan fingerprint density at radius 2 is 1.70 bits per heavy atom. The summed E-state index contributed by atoms with van der Waals surface area (Å²) in [6.45, 7) is 0. The number of thioether (sulfide) groups is 1. The number of benzene rings is 1. The number of hydrogen-bond acceptors (Lipinski definition) is 3. The maximum Gasteiger partial charge on any atom is 0.420 e. The van der Waals surface area contributed by atoms with Crippen LogP contribution in [0.1, 0.15) is 21.5 Å². The molecule has 0 aliphatic rings. The van der Waals surface area contributed by atoms with Crippen molar-refractivity contribution in [2.24, 2.45) is 0 Å². The number of methoxy groups -OCH3 is 1. The third-order valence-corrected chi connectivity index (χ3v) is 3.19. The van der Waals surface area contributed by atoms with Crippen LogP contribution in [0, 0.1) is 0 Å². The largest absolute Gasteiger partial charge is 0.495 e. The van der Waals surface area contributed by atoms with Crippen LogP contribution >= 0.6 is 11.8 Å². The average molecular weight is 318 g/mol. The minimum absolute atomic E-state index is 0.128. The van der Waals surface area contributed by atoms with Gasteiger partial charge in [-0.25, -0.2) is 0 Å². The van der Waals surface area contributed by atoms with Gasteiger partial charge in [0, 0.05) is 10.5 Å². The standard InChI is InChI=1S/C11H8F6O2S/c1-19-9-6(10(12,13)14)3-7(20-2)5(4-18)8(9)11(15,16)17/h3-4H,1-2H3. The first-order chi connectivity index (χ1) is 9.07. The van der Waals surface area contributed by atoms with Crippen LogP contribution in [0.5, 0.6) is 5.75 Å². The summed E-state index contributed by atoms with van der Waals surface area (Å²) in [4.78, 5) is 10.4. The van der Waals surface area contributed by atoms with E-state index in [0.717, 1.165) is 0 Å². The molecular formula is C11H8F6O2S. The Kier molecular flexibility index (Phi) is 4.62. The van der Waals surface area contributed by atoms with E-state index in [9.17, 15) is 31.1 Å². The summed E-state index contributed by atoms with van der Waals surface area (Å²) in [5, 5.41) is 0. The summed E-state index contributed by atoms with van der Waals surface area (Å²) in [6.07, 6.45) is -9.03. The molecule has 2 nitrogen and oxygen atoms in total. The Balaban J connectivity index is 3.89. The maximum atomic E-state index is 13.0. The molecule has 1 aromatic rings. The van der Waals surface area contributed by atoms with Crippen molar-refractivity contribution in [2.75, 3.05) is 13.4 Å². The molecule has 9 heteroatoms. The molecule has 1 rings (SSSR count). The maximum absolute atomic E-state index is 13.0. The molecule has 0 unspecified atom stereocenters. The van der Waals surface area contributed by atoms with E-state index in [4.69, 9.17) is 0 Å². The van der Waals surface area contributed by atoms with Crippen molar-refractivity contribution in [1.82, 2.24) is 0 Å². The molecule has 0 heterocycles. The van der Waals surface area contributed by atoms with Crippen LogP contribution in [0.3, 0.4) is 0 Å². The number of rotatable bonds is 3. The molecule has 0 saturated heterocycles. The van der Waals surface area contributed by atoms with Crippen molar-refractivity contribution >= 4 is 18.0 Å². The zero-order valence-electron chi connectivity index (χ0n) is 10.1.